The van der Waals surface area contributed by atoms with E-state index < -0.39 is 0 Å². The maximum absolute atomic E-state index is 5.40. The summed E-state index contributed by atoms with van der Waals surface area (Å²) in [5, 5.41) is 0. The average Bonchev–Trinajstić information content (AvgIpc) is 2.67. The summed E-state index contributed by atoms with van der Waals surface area (Å²) < 4.78 is 0. The Labute approximate surface area is 73.9 Å². The lowest BCUT2D eigenvalue weighted by Gasteiger charge is -2.26. The Balaban J connectivity index is 2.02. The van der Waals surface area contributed by atoms with E-state index in [0.717, 1.165) is 11.8 Å². The standard InChI is InChI=1S/C10H16N2/c1-2-10(12-11)9-6-7-3-4-8(9)5-7/h1,7-10,12H,3-6,11H2. The molecular formula is C10H16N2. The number of hydrazine groups is 1. The summed E-state index contributed by atoms with van der Waals surface area (Å²) in [5.41, 5.74) is 2.74. The van der Waals surface area contributed by atoms with Gasteiger partial charge in [0.25, 0.3) is 0 Å². The molecule has 0 aliphatic heterocycles. The molecule has 0 aromatic rings. The number of nitrogens with one attached hydrogen (secondary N) is 1. The van der Waals surface area contributed by atoms with E-state index in [0.29, 0.717) is 5.92 Å². The van der Waals surface area contributed by atoms with Crippen molar-refractivity contribution in [2.75, 3.05) is 0 Å². The van der Waals surface area contributed by atoms with Gasteiger partial charge in [-0.25, -0.2) is 5.43 Å². The summed E-state index contributed by atoms with van der Waals surface area (Å²) in [5.74, 6) is 10.6. The quantitative estimate of drug-likeness (QED) is 0.361. The molecule has 0 aromatic carbocycles. The van der Waals surface area contributed by atoms with Gasteiger partial charge < -0.3 is 0 Å². The Morgan fingerprint density at radius 2 is 2.25 bits per heavy atom. The predicted molar refractivity (Wildman–Crippen MR) is 48.9 cm³/mol. The van der Waals surface area contributed by atoms with E-state index in [-0.39, 0.29) is 6.04 Å². The normalized spacial score (nSPS) is 41.2. The maximum Gasteiger partial charge on any atom is 0.0845 e. The SMILES string of the molecule is C#CC(NN)C1CC2CCC1C2. The zero-order valence-corrected chi connectivity index (χ0v) is 7.29. The third kappa shape index (κ3) is 1.14. The van der Waals surface area contributed by atoms with Crippen LogP contribution in [0.25, 0.3) is 0 Å². The number of rotatable bonds is 2. The fraction of sp³-hybridized carbons (Fsp3) is 0.800. The molecule has 2 saturated carbocycles. The average molecular weight is 164 g/mol. The maximum atomic E-state index is 5.40. The summed E-state index contributed by atoms with van der Waals surface area (Å²) in [6, 6.07) is 0.111. The van der Waals surface area contributed by atoms with E-state index in [1.165, 1.54) is 25.7 Å². The molecule has 2 rings (SSSR count). The fourth-order valence-corrected chi connectivity index (χ4v) is 3.00. The van der Waals surface area contributed by atoms with Gasteiger partial charge in [0, 0.05) is 0 Å². The van der Waals surface area contributed by atoms with Gasteiger partial charge in [-0.2, -0.15) is 0 Å². The highest BCUT2D eigenvalue weighted by Crippen LogP contribution is 2.49. The smallest absolute Gasteiger partial charge is 0.0845 e. The van der Waals surface area contributed by atoms with Crippen LogP contribution in [0.2, 0.25) is 0 Å². The van der Waals surface area contributed by atoms with Crippen molar-refractivity contribution in [1.29, 1.82) is 0 Å². The van der Waals surface area contributed by atoms with Gasteiger partial charge in [0.2, 0.25) is 0 Å². The van der Waals surface area contributed by atoms with Crippen molar-refractivity contribution in [3.63, 3.8) is 0 Å². The van der Waals surface area contributed by atoms with Crippen LogP contribution in [0.1, 0.15) is 25.7 Å². The molecule has 2 aliphatic rings. The number of hydrogen-bond donors (Lipinski definition) is 2. The summed E-state index contributed by atoms with van der Waals surface area (Å²) in [7, 11) is 0. The van der Waals surface area contributed by atoms with Gasteiger partial charge in [-0.1, -0.05) is 12.3 Å². The minimum Gasteiger partial charge on any atom is -0.270 e. The topological polar surface area (TPSA) is 38.0 Å². The van der Waals surface area contributed by atoms with Crippen molar-refractivity contribution in [2.45, 2.75) is 31.7 Å². The molecule has 0 saturated heterocycles. The minimum atomic E-state index is 0.111. The van der Waals surface area contributed by atoms with E-state index in [2.05, 4.69) is 11.3 Å². The second kappa shape index (κ2) is 3.08. The van der Waals surface area contributed by atoms with Crippen LogP contribution in [0.15, 0.2) is 0 Å². The lowest BCUT2D eigenvalue weighted by Crippen LogP contribution is -2.41. The molecule has 0 aromatic heterocycles. The zero-order chi connectivity index (χ0) is 8.55. The van der Waals surface area contributed by atoms with E-state index in [1.807, 2.05) is 0 Å². The van der Waals surface area contributed by atoms with Crippen LogP contribution in [-0.2, 0) is 0 Å². The molecule has 0 spiro atoms. The van der Waals surface area contributed by atoms with Crippen molar-refractivity contribution in [3.8, 4) is 12.3 Å². The summed E-state index contributed by atoms with van der Waals surface area (Å²) in [6.07, 6.45) is 10.9. The van der Waals surface area contributed by atoms with Gasteiger partial charge in [-0.05, 0) is 37.0 Å². The van der Waals surface area contributed by atoms with Crippen molar-refractivity contribution in [2.24, 2.45) is 23.6 Å². The second-order valence-electron chi connectivity index (χ2n) is 4.15. The van der Waals surface area contributed by atoms with Crippen molar-refractivity contribution >= 4 is 0 Å². The third-order valence-electron chi connectivity index (χ3n) is 3.58. The Morgan fingerprint density at radius 3 is 2.67 bits per heavy atom. The van der Waals surface area contributed by atoms with Gasteiger partial charge in [0.1, 0.15) is 0 Å². The molecule has 2 bridgehead atoms. The van der Waals surface area contributed by atoms with E-state index in [1.54, 1.807) is 0 Å². The molecule has 0 heterocycles. The summed E-state index contributed by atoms with van der Waals surface area (Å²) >= 11 is 0. The summed E-state index contributed by atoms with van der Waals surface area (Å²) in [4.78, 5) is 0. The van der Waals surface area contributed by atoms with Crippen LogP contribution in [0.5, 0.6) is 0 Å². The Bertz CT molecular complexity index is 206. The van der Waals surface area contributed by atoms with Crippen molar-refractivity contribution in [3.05, 3.63) is 0 Å². The van der Waals surface area contributed by atoms with Crippen LogP contribution in [0.3, 0.4) is 0 Å². The van der Waals surface area contributed by atoms with Gasteiger partial charge in [-0.15, -0.1) is 6.42 Å². The first-order valence-corrected chi connectivity index (χ1v) is 4.77. The Kier molecular flexibility index (Phi) is 2.08. The van der Waals surface area contributed by atoms with Gasteiger partial charge in [0.05, 0.1) is 6.04 Å². The number of nitrogens with two attached hydrogens (primary N) is 1. The molecule has 0 radical (unpaired) electrons. The summed E-state index contributed by atoms with van der Waals surface area (Å²) in [6.45, 7) is 0. The lowest BCUT2D eigenvalue weighted by molar-refractivity contribution is 0.286. The molecule has 2 nitrogen and oxygen atoms in total. The molecule has 66 valence electrons. The molecule has 4 atom stereocenters. The Morgan fingerprint density at radius 1 is 1.42 bits per heavy atom. The molecule has 2 fully saturated rings. The van der Waals surface area contributed by atoms with Crippen LogP contribution in [-0.4, -0.2) is 6.04 Å². The first-order chi connectivity index (χ1) is 5.85. The molecule has 4 unspecified atom stereocenters. The number of hydrogen-bond acceptors (Lipinski definition) is 2. The molecule has 2 heteroatoms. The van der Waals surface area contributed by atoms with Crippen molar-refractivity contribution in [1.82, 2.24) is 5.43 Å². The van der Waals surface area contributed by atoms with Gasteiger partial charge in [-0.3, -0.25) is 5.84 Å². The first kappa shape index (κ1) is 8.10. The lowest BCUT2D eigenvalue weighted by atomic mass is 9.84. The third-order valence-corrected chi connectivity index (χ3v) is 3.58. The highest BCUT2D eigenvalue weighted by Gasteiger charge is 2.42. The van der Waals surface area contributed by atoms with Gasteiger partial charge in [0.15, 0.2) is 0 Å². The van der Waals surface area contributed by atoms with E-state index in [4.69, 9.17) is 12.3 Å². The molecule has 2 aliphatic carbocycles. The second-order valence-corrected chi connectivity index (χ2v) is 4.15. The zero-order valence-electron chi connectivity index (χ0n) is 7.29. The molecule has 12 heavy (non-hydrogen) atoms. The van der Waals surface area contributed by atoms with Crippen LogP contribution >= 0.6 is 0 Å². The molecular weight excluding hydrogens is 148 g/mol. The van der Waals surface area contributed by atoms with Gasteiger partial charge >= 0.3 is 0 Å². The van der Waals surface area contributed by atoms with E-state index in [9.17, 15) is 0 Å². The van der Waals surface area contributed by atoms with Crippen LogP contribution in [0, 0.1) is 30.1 Å². The Hall–Kier alpha value is -0.520. The number of terminal acetylenes is 1. The van der Waals surface area contributed by atoms with Crippen LogP contribution < -0.4 is 11.3 Å². The highest BCUT2D eigenvalue weighted by molar-refractivity contribution is 5.07. The predicted octanol–water partition coefficient (Wildman–Crippen LogP) is 0.888. The minimum absolute atomic E-state index is 0.111. The number of fused-ring (bicyclic) bond motifs is 2. The van der Waals surface area contributed by atoms with E-state index >= 15 is 0 Å². The van der Waals surface area contributed by atoms with Crippen LogP contribution in [0.4, 0.5) is 0 Å². The largest absolute Gasteiger partial charge is 0.270 e. The monoisotopic (exact) mass is 164 g/mol. The van der Waals surface area contributed by atoms with Crippen molar-refractivity contribution < 1.29 is 0 Å². The fourth-order valence-electron chi connectivity index (χ4n) is 3.00. The molecule has 0 amide bonds. The highest BCUT2D eigenvalue weighted by atomic mass is 15.2. The molecule has 3 N–H and O–H groups in total. The first-order valence-electron chi connectivity index (χ1n) is 4.77.